The second-order valence-corrected chi connectivity index (χ2v) is 3.73. The van der Waals surface area contributed by atoms with Crippen molar-refractivity contribution in [1.82, 2.24) is 0 Å². The Morgan fingerprint density at radius 1 is 1.23 bits per heavy atom. The molecular weight excluding hydrogens is 160 g/mol. The molecule has 1 atom stereocenters. The molecule has 0 radical (unpaired) electrons. The van der Waals surface area contributed by atoms with Crippen LogP contribution in [0.5, 0.6) is 5.75 Å². The number of fused-ring (bicyclic) bond motifs is 3. The fraction of sp³-hybridized carbons (Fsp3) is 0.333. The summed E-state index contributed by atoms with van der Waals surface area (Å²) >= 11 is 0. The van der Waals surface area contributed by atoms with Gasteiger partial charge in [0.1, 0.15) is 11.5 Å². The molecule has 1 heteroatoms. The molecule has 0 saturated heterocycles. The van der Waals surface area contributed by atoms with Gasteiger partial charge >= 0.3 is 0 Å². The summed E-state index contributed by atoms with van der Waals surface area (Å²) < 4.78 is 5.77. The molecule has 0 aromatic heterocycles. The maximum absolute atomic E-state index is 5.77. The van der Waals surface area contributed by atoms with E-state index in [1.54, 1.807) is 0 Å². The van der Waals surface area contributed by atoms with Crippen molar-refractivity contribution < 1.29 is 4.74 Å². The van der Waals surface area contributed by atoms with E-state index in [1.807, 2.05) is 6.07 Å². The highest BCUT2D eigenvalue weighted by Crippen LogP contribution is 2.45. The molecule has 66 valence electrons. The van der Waals surface area contributed by atoms with Crippen molar-refractivity contribution in [2.75, 3.05) is 0 Å². The van der Waals surface area contributed by atoms with E-state index in [4.69, 9.17) is 4.74 Å². The van der Waals surface area contributed by atoms with Crippen LogP contribution in [-0.4, -0.2) is 0 Å². The first-order valence-corrected chi connectivity index (χ1v) is 4.92. The molecule has 0 spiro atoms. The summed E-state index contributed by atoms with van der Waals surface area (Å²) in [5.74, 6) is 2.82. The molecule has 1 nitrogen and oxygen atoms in total. The zero-order valence-corrected chi connectivity index (χ0v) is 7.49. The lowest BCUT2D eigenvalue weighted by molar-refractivity contribution is 0.403. The largest absolute Gasteiger partial charge is 0.461 e. The van der Waals surface area contributed by atoms with Crippen molar-refractivity contribution in [3.8, 4) is 5.75 Å². The lowest BCUT2D eigenvalue weighted by Crippen LogP contribution is -2.03. The summed E-state index contributed by atoms with van der Waals surface area (Å²) in [5, 5.41) is 0. The maximum Gasteiger partial charge on any atom is 0.130 e. The molecule has 1 aliphatic heterocycles. The average molecular weight is 172 g/mol. The van der Waals surface area contributed by atoms with Gasteiger partial charge in [-0.15, -0.1) is 0 Å². The molecule has 0 saturated carbocycles. The van der Waals surface area contributed by atoms with Crippen LogP contribution in [0.15, 0.2) is 36.1 Å². The van der Waals surface area contributed by atoms with E-state index in [0.717, 1.165) is 5.75 Å². The summed E-state index contributed by atoms with van der Waals surface area (Å²) in [6.07, 6.45) is 5.97. The van der Waals surface area contributed by atoms with Gasteiger partial charge in [-0.25, -0.2) is 0 Å². The molecule has 1 aromatic carbocycles. The quantitative estimate of drug-likeness (QED) is 0.583. The fourth-order valence-electron chi connectivity index (χ4n) is 2.26. The monoisotopic (exact) mass is 172 g/mol. The van der Waals surface area contributed by atoms with Gasteiger partial charge in [0.25, 0.3) is 0 Å². The molecule has 0 amide bonds. The van der Waals surface area contributed by atoms with Gasteiger partial charge in [0.05, 0.1) is 0 Å². The van der Waals surface area contributed by atoms with E-state index in [1.165, 1.54) is 30.6 Å². The highest BCUT2D eigenvalue weighted by Gasteiger charge is 2.30. The highest BCUT2D eigenvalue weighted by molar-refractivity contribution is 5.46. The minimum Gasteiger partial charge on any atom is -0.461 e. The minimum atomic E-state index is 0.560. The smallest absolute Gasteiger partial charge is 0.130 e. The SMILES string of the molecule is C1=C2Oc3ccccc3C2CCC1. The van der Waals surface area contributed by atoms with Crippen LogP contribution >= 0.6 is 0 Å². The molecule has 13 heavy (non-hydrogen) atoms. The number of benzene rings is 1. The van der Waals surface area contributed by atoms with Crippen LogP contribution < -0.4 is 4.74 Å². The van der Waals surface area contributed by atoms with Crippen molar-refractivity contribution in [3.63, 3.8) is 0 Å². The number of ether oxygens (including phenoxy) is 1. The maximum atomic E-state index is 5.77. The van der Waals surface area contributed by atoms with Crippen LogP contribution in [0, 0.1) is 0 Å². The zero-order valence-electron chi connectivity index (χ0n) is 7.49. The van der Waals surface area contributed by atoms with Gasteiger partial charge in [0.15, 0.2) is 0 Å². The van der Waals surface area contributed by atoms with Crippen LogP contribution in [0.2, 0.25) is 0 Å². The molecule has 2 aliphatic rings. The summed E-state index contributed by atoms with van der Waals surface area (Å²) in [7, 11) is 0. The lowest BCUT2D eigenvalue weighted by atomic mass is 9.89. The van der Waals surface area contributed by atoms with Crippen LogP contribution in [0.4, 0.5) is 0 Å². The molecule has 1 aliphatic carbocycles. The lowest BCUT2D eigenvalue weighted by Gasteiger charge is -2.14. The molecule has 0 bridgehead atoms. The normalized spacial score (nSPS) is 24.3. The van der Waals surface area contributed by atoms with Gasteiger partial charge in [-0.2, -0.15) is 0 Å². The van der Waals surface area contributed by atoms with E-state index in [0.29, 0.717) is 5.92 Å². The van der Waals surface area contributed by atoms with E-state index in [-0.39, 0.29) is 0 Å². The molecular formula is C12H12O. The van der Waals surface area contributed by atoms with Gasteiger partial charge in [0.2, 0.25) is 0 Å². The summed E-state index contributed by atoms with van der Waals surface area (Å²) in [5.41, 5.74) is 1.38. The van der Waals surface area contributed by atoms with E-state index in [2.05, 4.69) is 24.3 Å². The number of hydrogen-bond donors (Lipinski definition) is 0. The second-order valence-electron chi connectivity index (χ2n) is 3.73. The van der Waals surface area contributed by atoms with Gasteiger partial charge in [0, 0.05) is 11.5 Å². The van der Waals surface area contributed by atoms with Crippen LogP contribution in [0.1, 0.15) is 30.7 Å². The summed E-state index contributed by atoms with van der Waals surface area (Å²) in [6.45, 7) is 0. The number of allylic oxidation sites excluding steroid dienone is 2. The average Bonchev–Trinajstić information content (AvgIpc) is 2.56. The first-order chi connectivity index (χ1) is 6.45. The van der Waals surface area contributed by atoms with Gasteiger partial charge in [-0.1, -0.05) is 18.2 Å². The Labute approximate surface area is 78.0 Å². The molecule has 1 unspecified atom stereocenters. The third-order valence-electron chi connectivity index (χ3n) is 2.91. The Hall–Kier alpha value is -1.24. The first-order valence-electron chi connectivity index (χ1n) is 4.92. The highest BCUT2D eigenvalue weighted by atomic mass is 16.5. The Balaban J connectivity index is 2.12. The van der Waals surface area contributed by atoms with Crippen molar-refractivity contribution in [2.45, 2.75) is 25.2 Å². The van der Waals surface area contributed by atoms with Gasteiger partial charge < -0.3 is 4.74 Å². The van der Waals surface area contributed by atoms with E-state index >= 15 is 0 Å². The summed E-state index contributed by atoms with van der Waals surface area (Å²) in [6, 6.07) is 8.39. The number of para-hydroxylation sites is 1. The van der Waals surface area contributed by atoms with Crippen molar-refractivity contribution in [3.05, 3.63) is 41.7 Å². The summed E-state index contributed by atoms with van der Waals surface area (Å²) in [4.78, 5) is 0. The number of hydrogen-bond acceptors (Lipinski definition) is 1. The Kier molecular flexibility index (Phi) is 1.45. The van der Waals surface area contributed by atoms with Crippen LogP contribution in [0.3, 0.4) is 0 Å². The molecule has 3 rings (SSSR count). The molecule has 1 heterocycles. The van der Waals surface area contributed by atoms with E-state index < -0.39 is 0 Å². The van der Waals surface area contributed by atoms with Crippen LogP contribution in [-0.2, 0) is 0 Å². The fourth-order valence-corrected chi connectivity index (χ4v) is 2.26. The van der Waals surface area contributed by atoms with Crippen molar-refractivity contribution >= 4 is 0 Å². The third-order valence-corrected chi connectivity index (χ3v) is 2.91. The van der Waals surface area contributed by atoms with Gasteiger partial charge in [-0.05, 0) is 31.4 Å². The topological polar surface area (TPSA) is 9.23 Å². The predicted molar refractivity (Wildman–Crippen MR) is 51.7 cm³/mol. The Morgan fingerprint density at radius 2 is 2.15 bits per heavy atom. The van der Waals surface area contributed by atoms with Crippen LogP contribution in [0.25, 0.3) is 0 Å². The minimum absolute atomic E-state index is 0.560. The first kappa shape index (κ1) is 7.19. The molecule has 1 aromatic rings. The van der Waals surface area contributed by atoms with Crippen molar-refractivity contribution in [2.24, 2.45) is 0 Å². The Bertz CT molecular complexity index is 365. The second kappa shape index (κ2) is 2.63. The predicted octanol–water partition coefficient (Wildman–Crippen LogP) is 3.23. The standard InChI is InChI=1S/C12H12O/c1-3-7-11-9(5-1)10-6-2-4-8-12(10)13-11/h1,3,5,7-8,10H,2,4,6H2. The third kappa shape index (κ3) is 0.998. The van der Waals surface area contributed by atoms with E-state index in [9.17, 15) is 0 Å². The molecule has 0 N–H and O–H groups in total. The van der Waals surface area contributed by atoms with Crippen molar-refractivity contribution in [1.29, 1.82) is 0 Å². The van der Waals surface area contributed by atoms with Gasteiger partial charge in [-0.3, -0.25) is 0 Å². The zero-order chi connectivity index (χ0) is 8.67. The number of rotatable bonds is 0. The molecule has 0 fully saturated rings. The Morgan fingerprint density at radius 3 is 3.15 bits per heavy atom.